The molecule has 0 atom stereocenters. The summed E-state index contributed by atoms with van der Waals surface area (Å²) in [5.41, 5.74) is 2.28. The normalized spacial score (nSPS) is 13.5. The van der Waals surface area contributed by atoms with Crippen LogP contribution >= 0.6 is 11.6 Å². The maximum Gasteiger partial charge on any atom is 0.250 e. The average molecular weight is 424 g/mol. The highest BCUT2D eigenvalue weighted by molar-refractivity contribution is 6.30. The standard InChI is InChI=1S/C22H22ClN5O2/c1-27(2)11-3-4-19(29)28-12-13-30-21-18(28)10-9-17-20(21)22(25-14-24-17)26-16-7-5-15(23)6-8-16/h3-10,14H,11-13H2,1-2H3,(H,24,25,26)/b4-3+. The average Bonchev–Trinajstić information content (AvgIpc) is 2.74. The molecule has 3 aromatic rings. The number of amides is 1. The van der Waals surface area contributed by atoms with E-state index in [1.807, 2.05) is 49.3 Å². The number of benzene rings is 2. The van der Waals surface area contributed by atoms with Gasteiger partial charge in [0.2, 0.25) is 0 Å². The van der Waals surface area contributed by atoms with Crippen molar-refractivity contribution in [3.63, 3.8) is 0 Å². The quantitative estimate of drug-likeness (QED) is 0.628. The molecule has 8 heteroatoms. The number of hydrogen-bond acceptors (Lipinski definition) is 6. The van der Waals surface area contributed by atoms with Gasteiger partial charge in [-0.05, 0) is 50.5 Å². The molecule has 2 heterocycles. The maximum atomic E-state index is 12.8. The second kappa shape index (κ2) is 8.69. The molecule has 1 aliphatic rings. The fourth-order valence-electron chi connectivity index (χ4n) is 3.28. The Morgan fingerprint density at radius 1 is 1.23 bits per heavy atom. The molecule has 1 N–H and O–H groups in total. The van der Waals surface area contributed by atoms with E-state index in [2.05, 4.69) is 15.3 Å². The number of nitrogens with zero attached hydrogens (tertiary/aromatic N) is 4. The van der Waals surface area contributed by atoms with E-state index < -0.39 is 0 Å². The zero-order valence-electron chi connectivity index (χ0n) is 16.8. The highest BCUT2D eigenvalue weighted by atomic mass is 35.5. The number of anilines is 3. The van der Waals surface area contributed by atoms with Crippen molar-refractivity contribution in [2.45, 2.75) is 0 Å². The Labute approximate surface area is 179 Å². The monoisotopic (exact) mass is 423 g/mol. The Kier molecular flexibility index (Phi) is 5.83. The molecule has 0 bridgehead atoms. The minimum atomic E-state index is -0.0789. The number of aromatic nitrogens is 2. The Morgan fingerprint density at radius 2 is 2.03 bits per heavy atom. The molecule has 0 saturated heterocycles. The number of hydrogen-bond donors (Lipinski definition) is 1. The predicted molar refractivity (Wildman–Crippen MR) is 120 cm³/mol. The lowest BCUT2D eigenvalue weighted by Gasteiger charge is -2.30. The number of nitrogens with one attached hydrogen (secondary N) is 1. The van der Waals surface area contributed by atoms with Gasteiger partial charge in [-0.15, -0.1) is 0 Å². The van der Waals surface area contributed by atoms with Gasteiger partial charge in [0.25, 0.3) is 5.91 Å². The Morgan fingerprint density at radius 3 is 2.80 bits per heavy atom. The van der Waals surface area contributed by atoms with E-state index in [9.17, 15) is 4.79 Å². The molecular formula is C22H22ClN5O2. The van der Waals surface area contributed by atoms with Crippen LogP contribution in [0.25, 0.3) is 10.9 Å². The first-order valence-electron chi connectivity index (χ1n) is 9.59. The first kappa shape index (κ1) is 20.1. The van der Waals surface area contributed by atoms with Gasteiger partial charge < -0.3 is 19.9 Å². The van der Waals surface area contributed by atoms with Gasteiger partial charge in [0.15, 0.2) is 5.75 Å². The minimum absolute atomic E-state index is 0.0789. The smallest absolute Gasteiger partial charge is 0.250 e. The lowest BCUT2D eigenvalue weighted by Crippen LogP contribution is -2.37. The van der Waals surface area contributed by atoms with Crippen LogP contribution < -0.4 is 15.0 Å². The van der Waals surface area contributed by atoms with Crippen LogP contribution in [0, 0.1) is 0 Å². The van der Waals surface area contributed by atoms with Crippen molar-refractivity contribution in [3.8, 4) is 5.75 Å². The van der Waals surface area contributed by atoms with Crippen molar-refractivity contribution in [1.82, 2.24) is 14.9 Å². The zero-order valence-corrected chi connectivity index (χ0v) is 17.6. The summed E-state index contributed by atoms with van der Waals surface area (Å²) in [5, 5.41) is 4.70. The molecular weight excluding hydrogens is 402 g/mol. The van der Waals surface area contributed by atoms with Crippen molar-refractivity contribution in [2.24, 2.45) is 0 Å². The summed E-state index contributed by atoms with van der Waals surface area (Å²) in [6, 6.07) is 11.1. The van der Waals surface area contributed by atoms with E-state index in [4.69, 9.17) is 16.3 Å². The van der Waals surface area contributed by atoms with Gasteiger partial charge in [0.1, 0.15) is 18.8 Å². The maximum absolute atomic E-state index is 12.8. The summed E-state index contributed by atoms with van der Waals surface area (Å²) >= 11 is 5.98. The highest BCUT2D eigenvalue weighted by Crippen LogP contribution is 2.41. The predicted octanol–water partition coefficient (Wildman–Crippen LogP) is 3.87. The molecule has 154 valence electrons. The number of carbonyl (C=O) groups excluding carboxylic acids is 1. The summed E-state index contributed by atoms with van der Waals surface area (Å²) in [6.45, 7) is 1.58. The van der Waals surface area contributed by atoms with Crippen LogP contribution in [0.1, 0.15) is 0 Å². The van der Waals surface area contributed by atoms with Crippen LogP contribution in [0.5, 0.6) is 5.75 Å². The van der Waals surface area contributed by atoms with Crippen LogP contribution in [0.15, 0.2) is 54.9 Å². The molecule has 0 fully saturated rings. The van der Waals surface area contributed by atoms with E-state index in [1.165, 1.54) is 6.33 Å². The molecule has 1 aliphatic heterocycles. The van der Waals surface area contributed by atoms with Crippen molar-refractivity contribution in [2.75, 3.05) is 44.0 Å². The van der Waals surface area contributed by atoms with Crippen LogP contribution in [0.4, 0.5) is 17.2 Å². The Bertz CT molecular complexity index is 1100. The number of rotatable bonds is 5. The topological polar surface area (TPSA) is 70.6 Å². The molecule has 2 aromatic carbocycles. The number of likely N-dealkylation sites (N-methyl/N-ethyl adjacent to an activating group) is 1. The second-order valence-electron chi connectivity index (χ2n) is 7.17. The molecule has 0 saturated carbocycles. The summed E-state index contributed by atoms with van der Waals surface area (Å²) in [7, 11) is 3.92. The fraction of sp³-hybridized carbons (Fsp3) is 0.227. The highest BCUT2D eigenvalue weighted by Gasteiger charge is 2.26. The third-order valence-electron chi connectivity index (χ3n) is 4.69. The van der Waals surface area contributed by atoms with Gasteiger partial charge in [-0.3, -0.25) is 4.79 Å². The van der Waals surface area contributed by atoms with E-state index >= 15 is 0 Å². The van der Waals surface area contributed by atoms with Gasteiger partial charge >= 0.3 is 0 Å². The first-order valence-corrected chi connectivity index (χ1v) is 9.96. The molecule has 0 aliphatic carbocycles. The molecule has 30 heavy (non-hydrogen) atoms. The van der Waals surface area contributed by atoms with Crippen molar-refractivity contribution in [1.29, 1.82) is 0 Å². The number of halogens is 1. The van der Waals surface area contributed by atoms with Gasteiger partial charge in [-0.25, -0.2) is 9.97 Å². The molecule has 0 unspecified atom stereocenters. The zero-order chi connectivity index (χ0) is 21.1. The van der Waals surface area contributed by atoms with E-state index in [1.54, 1.807) is 23.1 Å². The molecule has 4 rings (SSSR count). The largest absolute Gasteiger partial charge is 0.489 e. The van der Waals surface area contributed by atoms with Gasteiger partial charge in [0.05, 0.1) is 23.1 Å². The fourth-order valence-corrected chi connectivity index (χ4v) is 3.40. The third kappa shape index (κ3) is 4.22. The van der Waals surface area contributed by atoms with Crippen LogP contribution in [-0.2, 0) is 4.79 Å². The van der Waals surface area contributed by atoms with Gasteiger partial charge in [-0.2, -0.15) is 0 Å². The number of fused-ring (bicyclic) bond motifs is 3. The second-order valence-corrected chi connectivity index (χ2v) is 7.60. The molecule has 0 spiro atoms. The van der Waals surface area contributed by atoms with Gasteiger partial charge in [0, 0.05) is 23.3 Å². The molecule has 1 aromatic heterocycles. The van der Waals surface area contributed by atoms with Crippen molar-refractivity contribution >= 4 is 45.6 Å². The van der Waals surface area contributed by atoms with E-state index in [0.717, 1.165) is 16.6 Å². The minimum Gasteiger partial charge on any atom is -0.489 e. The first-order chi connectivity index (χ1) is 14.5. The summed E-state index contributed by atoms with van der Waals surface area (Å²) in [5.74, 6) is 1.13. The van der Waals surface area contributed by atoms with Crippen LogP contribution in [-0.4, -0.2) is 54.6 Å². The Balaban J connectivity index is 1.72. The summed E-state index contributed by atoms with van der Waals surface area (Å²) < 4.78 is 5.99. The van der Waals surface area contributed by atoms with E-state index in [-0.39, 0.29) is 5.91 Å². The lowest BCUT2D eigenvalue weighted by atomic mass is 10.1. The molecule has 0 radical (unpaired) electrons. The van der Waals surface area contributed by atoms with Crippen LogP contribution in [0.2, 0.25) is 5.02 Å². The molecule has 7 nitrogen and oxygen atoms in total. The Hall–Kier alpha value is -3.16. The van der Waals surface area contributed by atoms with Crippen LogP contribution in [0.3, 0.4) is 0 Å². The van der Waals surface area contributed by atoms with Gasteiger partial charge in [-0.1, -0.05) is 17.7 Å². The molecule has 1 amide bonds. The lowest BCUT2D eigenvalue weighted by molar-refractivity contribution is -0.114. The number of carbonyl (C=O) groups is 1. The van der Waals surface area contributed by atoms with E-state index in [0.29, 0.717) is 42.0 Å². The third-order valence-corrected chi connectivity index (χ3v) is 4.94. The van der Waals surface area contributed by atoms with Crippen molar-refractivity contribution < 1.29 is 9.53 Å². The summed E-state index contributed by atoms with van der Waals surface area (Å²) in [4.78, 5) is 25.3. The summed E-state index contributed by atoms with van der Waals surface area (Å²) in [6.07, 6.45) is 4.96. The van der Waals surface area contributed by atoms with Crippen molar-refractivity contribution in [3.05, 3.63) is 59.9 Å². The SMILES string of the molecule is CN(C)C/C=C/C(=O)N1CCOc2c1ccc1ncnc(Nc3ccc(Cl)cc3)c21. The number of ether oxygens (including phenoxy) is 1.